The Morgan fingerprint density at radius 3 is 2.11 bits per heavy atom. The zero-order valence-corrected chi connectivity index (χ0v) is 17.0. The highest BCUT2D eigenvalue weighted by atomic mass is 35.5. The Balaban J connectivity index is 2.02. The summed E-state index contributed by atoms with van der Waals surface area (Å²) in [6.45, 7) is 1.89. The van der Waals surface area contributed by atoms with Gasteiger partial charge in [-0.3, -0.25) is 0 Å². The number of rotatable bonds is 5. The van der Waals surface area contributed by atoms with Crippen molar-refractivity contribution in [1.29, 1.82) is 0 Å². The molecule has 1 N–H and O–H groups in total. The number of halogens is 1. The van der Waals surface area contributed by atoms with E-state index in [1.54, 1.807) is 79.9 Å². The predicted molar refractivity (Wildman–Crippen MR) is 113 cm³/mol. The predicted octanol–water partition coefficient (Wildman–Crippen LogP) is 4.90. The van der Waals surface area contributed by atoms with Crippen molar-refractivity contribution in [3.8, 4) is 5.75 Å². The van der Waals surface area contributed by atoms with Gasteiger partial charge in [0, 0.05) is 16.3 Å². The number of aryl methyl sites for hydroxylation is 1. The highest BCUT2D eigenvalue weighted by Crippen LogP contribution is 2.20. The first-order valence-electron chi connectivity index (χ1n) is 8.46. The van der Waals surface area contributed by atoms with Crippen molar-refractivity contribution in [3.05, 3.63) is 88.9 Å². The number of hydrogen-bond acceptors (Lipinski definition) is 3. The summed E-state index contributed by atoms with van der Waals surface area (Å²) < 4.78 is 34.8. The van der Waals surface area contributed by atoms with Gasteiger partial charge in [0.15, 0.2) is 5.84 Å². The monoisotopic (exact) mass is 414 g/mol. The van der Waals surface area contributed by atoms with Gasteiger partial charge in [-0.1, -0.05) is 29.3 Å². The molecule has 0 heterocycles. The Labute approximate surface area is 169 Å². The zero-order chi connectivity index (χ0) is 20.1. The number of nitrogens with zero attached hydrogens (tertiary/aromatic N) is 1. The molecule has 144 valence electrons. The van der Waals surface area contributed by atoms with E-state index >= 15 is 0 Å². The molecule has 0 fully saturated rings. The number of sulfonamides is 1. The molecule has 0 spiro atoms. The molecule has 3 aromatic rings. The Bertz CT molecular complexity index is 1080. The van der Waals surface area contributed by atoms with Gasteiger partial charge in [0.2, 0.25) is 0 Å². The van der Waals surface area contributed by atoms with Crippen LogP contribution >= 0.6 is 11.6 Å². The van der Waals surface area contributed by atoms with Crippen molar-refractivity contribution in [2.24, 2.45) is 4.40 Å². The third kappa shape index (κ3) is 4.91. The fourth-order valence-electron chi connectivity index (χ4n) is 2.45. The minimum atomic E-state index is -3.90. The highest BCUT2D eigenvalue weighted by molar-refractivity contribution is 7.90. The third-order valence-corrected chi connectivity index (χ3v) is 5.54. The maximum absolute atomic E-state index is 12.8. The molecule has 5 nitrogen and oxygen atoms in total. The number of hydrogen-bond donors (Lipinski definition) is 1. The van der Waals surface area contributed by atoms with Crippen LogP contribution in [0.4, 0.5) is 5.69 Å². The van der Waals surface area contributed by atoms with E-state index in [1.807, 2.05) is 6.92 Å². The molecule has 0 unspecified atom stereocenters. The van der Waals surface area contributed by atoms with E-state index in [4.69, 9.17) is 16.3 Å². The SMILES string of the molecule is COc1ccc(NC(=NS(=O)(=O)c2ccc(C)cc2)c2ccc(Cl)cc2)cc1. The molecule has 28 heavy (non-hydrogen) atoms. The Morgan fingerprint density at radius 2 is 1.54 bits per heavy atom. The summed E-state index contributed by atoms with van der Waals surface area (Å²) in [6, 6.07) is 20.5. The number of amidine groups is 1. The van der Waals surface area contributed by atoms with Crippen LogP contribution in [0.25, 0.3) is 0 Å². The molecule has 0 aliphatic carbocycles. The first kappa shape index (κ1) is 19.9. The van der Waals surface area contributed by atoms with Crippen LogP contribution < -0.4 is 10.1 Å². The van der Waals surface area contributed by atoms with Gasteiger partial charge in [0.25, 0.3) is 10.0 Å². The molecule has 0 radical (unpaired) electrons. The van der Waals surface area contributed by atoms with Crippen molar-refractivity contribution < 1.29 is 13.2 Å². The van der Waals surface area contributed by atoms with Gasteiger partial charge < -0.3 is 10.1 Å². The standard InChI is InChI=1S/C21H19ClN2O3S/c1-15-3-13-20(14-4-15)28(25,26)24-21(16-5-7-17(22)8-6-16)23-18-9-11-19(27-2)12-10-18/h3-14H,1-2H3,(H,23,24). The maximum Gasteiger partial charge on any atom is 0.284 e. The van der Waals surface area contributed by atoms with Crippen LogP contribution in [0.2, 0.25) is 5.02 Å². The van der Waals surface area contributed by atoms with E-state index in [1.165, 1.54) is 0 Å². The molecular formula is C21H19ClN2O3S. The normalized spacial score (nSPS) is 11.9. The van der Waals surface area contributed by atoms with Crippen LogP contribution in [0.15, 0.2) is 82.1 Å². The summed E-state index contributed by atoms with van der Waals surface area (Å²) in [6.07, 6.45) is 0. The van der Waals surface area contributed by atoms with Gasteiger partial charge >= 0.3 is 0 Å². The fourth-order valence-corrected chi connectivity index (χ4v) is 3.55. The average molecular weight is 415 g/mol. The van der Waals surface area contributed by atoms with E-state index < -0.39 is 10.0 Å². The molecule has 0 saturated heterocycles. The second-order valence-corrected chi connectivity index (χ2v) is 8.13. The topological polar surface area (TPSA) is 67.8 Å². The Kier molecular flexibility index (Phi) is 6.02. The largest absolute Gasteiger partial charge is 0.497 e. The molecular weight excluding hydrogens is 396 g/mol. The summed E-state index contributed by atoms with van der Waals surface area (Å²) in [4.78, 5) is 0.126. The third-order valence-electron chi connectivity index (χ3n) is 4.00. The van der Waals surface area contributed by atoms with Crippen molar-refractivity contribution in [2.45, 2.75) is 11.8 Å². The molecule has 0 aliphatic rings. The van der Waals surface area contributed by atoms with Crippen molar-refractivity contribution >= 4 is 33.1 Å². The lowest BCUT2D eigenvalue weighted by molar-refractivity contribution is 0.415. The molecule has 0 aliphatic heterocycles. The second-order valence-electron chi connectivity index (χ2n) is 6.09. The van der Waals surface area contributed by atoms with E-state index in [2.05, 4.69) is 9.71 Å². The molecule has 0 atom stereocenters. The molecule has 7 heteroatoms. The van der Waals surface area contributed by atoms with Crippen molar-refractivity contribution in [1.82, 2.24) is 0 Å². The van der Waals surface area contributed by atoms with Crippen LogP contribution in [0.3, 0.4) is 0 Å². The van der Waals surface area contributed by atoms with E-state index in [0.29, 0.717) is 22.0 Å². The van der Waals surface area contributed by atoms with Crippen LogP contribution in [-0.4, -0.2) is 21.4 Å². The van der Waals surface area contributed by atoms with Crippen LogP contribution in [0.1, 0.15) is 11.1 Å². The van der Waals surface area contributed by atoms with E-state index in [-0.39, 0.29) is 10.7 Å². The van der Waals surface area contributed by atoms with Crippen molar-refractivity contribution in [3.63, 3.8) is 0 Å². The number of methoxy groups -OCH3 is 1. The van der Waals surface area contributed by atoms with Gasteiger partial charge in [-0.2, -0.15) is 8.42 Å². The molecule has 0 aromatic heterocycles. The molecule has 0 amide bonds. The smallest absolute Gasteiger partial charge is 0.284 e. The van der Waals surface area contributed by atoms with Gasteiger partial charge in [-0.15, -0.1) is 4.40 Å². The zero-order valence-electron chi connectivity index (χ0n) is 15.4. The number of nitrogens with one attached hydrogen (secondary N) is 1. The first-order valence-corrected chi connectivity index (χ1v) is 10.3. The lowest BCUT2D eigenvalue weighted by Crippen LogP contribution is -2.16. The Morgan fingerprint density at radius 1 is 0.929 bits per heavy atom. The molecule has 0 bridgehead atoms. The van der Waals surface area contributed by atoms with Gasteiger partial charge in [0.1, 0.15) is 5.75 Å². The number of anilines is 1. The summed E-state index contributed by atoms with van der Waals surface area (Å²) in [5.74, 6) is 0.894. The van der Waals surface area contributed by atoms with Crippen molar-refractivity contribution in [2.75, 3.05) is 12.4 Å². The second kappa shape index (κ2) is 8.46. The van der Waals surface area contributed by atoms with Gasteiger partial charge in [-0.05, 0) is 67.6 Å². The Hall–Kier alpha value is -2.83. The summed E-state index contributed by atoms with van der Waals surface area (Å²) in [5.41, 5.74) is 2.24. The summed E-state index contributed by atoms with van der Waals surface area (Å²) in [5, 5.41) is 3.63. The van der Waals surface area contributed by atoms with Gasteiger partial charge in [0.05, 0.1) is 12.0 Å². The molecule has 0 saturated carbocycles. The maximum atomic E-state index is 12.8. The van der Waals surface area contributed by atoms with E-state index in [0.717, 1.165) is 5.56 Å². The van der Waals surface area contributed by atoms with Gasteiger partial charge in [-0.25, -0.2) is 0 Å². The fraction of sp³-hybridized carbons (Fsp3) is 0.0952. The minimum absolute atomic E-state index is 0.126. The molecule has 3 aromatic carbocycles. The van der Waals surface area contributed by atoms with E-state index in [9.17, 15) is 8.42 Å². The van der Waals surface area contributed by atoms with Crippen LogP contribution in [0, 0.1) is 6.92 Å². The lowest BCUT2D eigenvalue weighted by Gasteiger charge is -2.11. The minimum Gasteiger partial charge on any atom is -0.497 e. The summed E-state index contributed by atoms with van der Waals surface area (Å²) >= 11 is 5.96. The van der Waals surface area contributed by atoms with Crippen LogP contribution in [-0.2, 0) is 10.0 Å². The lowest BCUT2D eigenvalue weighted by atomic mass is 10.2. The number of benzene rings is 3. The quantitative estimate of drug-likeness (QED) is 0.476. The van der Waals surface area contributed by atoms with Crippen LogP contribution in [0.5, 0.6) is 5.75 Å². The average Bonchev–Trinajstić information content (AvgIpc) is 2.69. The highest BCUT2D eigenvalue weighted by Gasteiger charge is 2.16. The summed E-state index contributed by atoms with van der Waals surface area (Å²) in [7, 11) is -2.32. The number of ether oxygens (including phenoxy) is 1. The molecule has 3 rings (SSSR count). The first-order chi connectivity index (χ1) is 13.4.